The lowest BCUT2D eigenvalue weighted by Crippen LogP contribution is -2.55. The van der Waals surface area contributed by atoms with Crippen LogP contribution in [0.15, 0.2) is 6.07 Å². The first kappa shape index (κ1) is 16.3. The molecule has 2 heteroatoms. The molecule has 0 aliphatic heterocycles. The molecule has 2 unspecified atom stereocenters. The van der Waals surface area contributed by atoms with E-state index in [0.717, 1.165) is 23.5 Å². The smallest absolute Gasteiger partial charge is 0.160 e. The molecule has 0 bridgehead atoms. The molecule has 1 aromatic carbocycles. The summed E-state index contributed by atoms with van der Waals surface area (Å²) < 4.78 is 0. The Morgan fingerprint density at radius 3 is 2.42 bits per heavy atom. The molecule has 0 heterocycles. The number of benzene rings is 1. The first-order valence-corrected chi connectivity index (χ1v) is 9.66. The van der Waals surface area contributed by atoms with Crippen LogP contribution in [0.25, 0.3) is 0 Å². The SMILES string of the molecule is Cc1cc(O)c(O)c2c1[C@]1(C)CCC3C(C)(C)CCC[C@]3(C)C1C2. The first-order valence-electron chi connectivity index (χ1n) is 9.66. The molecule has 0 spiro atoms. The first-order chi connectivity index (χ1) is 11.1. The highest BCUT2D eigenvalue weighted by atomic mass is 16.3. The van der Waals surface area contributed by atoms with Gasteiger partial charge in [-0.15, -0.1) is 0 Å². The fraction of sp³-hybridized carbons (Fsp3) is 0.727. The van der Waals surface area contributed by atoms with E-state index in [1.165, 1.54) is 37.7 Å². The maximum atomic E-state index is 10.5. The number of aromatic hydroxyl groups is 2. The van der Waals surface area contributed by atoms with Gasteiger partial charge in [-0.2, -0.15) is 0 Å². The summed E-state index contributed by atoms with van der Waals surface area (Å²) in [5, 5.41) is 20.6. The van der Waals surface area contributed by atoms with Gasteiger partial charge < -0.3 is 10.2 Å². The molecule has 1 aromatic rings. The number of hydrogen-bond acceptors (Lipinski definition) is 2. The van der Waals surface area contributed by atoms with Crippen molar-refractivity contribution in [2.45, 2.75) is 78.6 Å². The normalized spacial score (nSPS) is 39.9. The molecule has 4 rings (SSSR count). The largest absolute Gasteiger partial charge is 0.504 e. The van der Waals surface area contributed by atoms with Crippen LogP contribution >= 0.6 is 0 Å². The topological polar surface area (TPSA) is 40.5 Å². The summed E-state index contributed by atoms with van der Waals surface area (Å²) >= 11 is 0. The summed E-state index contributed by atoms with van der Waals surface area (Å²) in [6.07, 6.45) is 7.39. The monoisotopic (exact) mass is 328 g/mol. The zero-order valence-corrected chi connectivity index (χ0v) is 15.9. The van der Waals surface area contributed by atoms with Gasteiger partial charge in [0.2, 0.25) is 0 Å². The van der Waals surface area contributed by atoms with E-state index >= 15 is 0 Å². The Morgan fingerprint density at radius 1 is 1.00 bits per heavy atom. The average Bonchev–Trinajstić information content (AvgIpc) is 2.79. The lowest BCUT2D eigenvalue weighted by atomic mass is 9.43. The van der Waals surface area contributed by atoms with Gasteiger partial charge in [-0.3, -0.25) is 0 Å². The molecule has 2 saturated carbocycles. The van der Waals surface area contributed by atoms with Crippen LogP contribution in [-0.4, -0.2) is 10.2 Å². The molecule has 0 amide bonds. The molecule has 0 aromatic heterocycles. The third-order valence-electron chi connectivity index (χ3n) is 8.35. The van der Waals surface area contributed by atoms with Gasteiger partial charge in [0.1, 0.15) is 0 Å². The second-order valence-electron chi connectivity index (χ2n) is 10.0. The molecule has 132 valence electrons. The Bertz CT molecular complexity index is 704. The maximum absolute atomic E-state index is 10.5. The van der Waals surface area contributed by atoms with E-state index in [-0.39, 0.29) is 16.9 Å². The van der Waals surface area contributed by atoms with Crippen molar-refractivity contribution in [1.29, 1.82) is 0 Å². The summed E-state index contributed by atoms with van der Waals surface area (Å²) in [6, 6.07) is 1.76. The minimum Gasteiger partial charge on any atom is -0.504 e. The number of fused-ring (bicyclic) bond motifs is 5. The summed E-state index contributed by atoms with van der Waals surface area (Å²) in [5.74, 6) is 1.53. The maximum Gasteiger partial charge on any atom is 0.160 e. The van der Waals surface area contributed by atoms with Gasteiger partial charge in [0.15, 0.2) is 11.5 Å². The third-order valence-corrected chi connectivity index (χ3v) is 8.35. The van der Waals surface area contributed by atoms with Crippen LogP contribution in [0.2, 0.25) is 0 Å². The Balaban J connectivity index is 1.87. The molecule has 0 saturated heterocycles. The fourth-order valence-electron chi connectivity index (χ4n) is 7.46. The molecular weight excluding hydrogens is 296 g/mol. The summed E-state index contributed by atoms with van der Waals surface area (Å²) in [4.78, 5) is 0. The van der Waals surface area contributed by atoms with E-state index in [0.29, 0.717) is 16.7 Å². The van der Waals surface area contributed by atoms with Gasteiger partial charge in [-0.1, -0.05) is 34.1 Å². The van der Waals surface area contributed by atoms with E-state index in [2.05, 4.69) is 34.6 Å². The van der Waals surface area contributed by atoms with Crippen molar-refractivity contribution in [3.63, 3.8) is 0 Å². The molecule has 24 heavy (non-hydrogen) atoms. The number of phenols is 2. The minimum atomic E-state index is 0.0548. The molecule has 2 nitrogen and oxygen atoms in total. The van der Waals surface area contributed by atoms with Crippen molar-refractivity contribution in [3.8, 4) is 11.5 Å². The standard InChI is InChI=1S/C22H32O2/c1-13-11-15(23)19(24)14-12-17-21(4)9-6-8-20(2,3)16(21)7-10-22(17,5)18(13)14/h11,16-17,23-24H,6-10,12H2,1-5H3/t16?,17?,21-,22+/m0/s1. The van der Waals surface area contributed by atoms with Gasteiger partial charge in [-0.25, -0.2) is 0 Å². The molecule has 4 atom stereocenters. The molecule has 2 fully saturated rings. The quantitative estimate of drug-likeness (QED) is 0.621. The summed E-state index contributed by atoms with van der Waals surface area (Å²) in [6.45, 7) is 12.0. The van der Waals surface area contributed by atoms with Crippen LogP contribution in [0.5, 0.6) is 11.5 Å². The van der Waals surface area contributed by atoms with Crippen LogP contribution < -0.4 is 0 Å². The van der Waals surface area contributed by atoms with Crippen molar-refractivity contribution in [1.82, 2.24) is 0 Å². The van der Waals surface area contributed by atoms with Crippen LogP contribution in [0, 0.1) is 29.6 Å². The zero-order chi connectivity index (χ0) is 17.5. The van der Waals surface area contributed by atoms with E-state index in [4.69, 9.17) is 0 Å². The second kappa shape index (κ2) is 4.71. The molecule has 2 N–H and O–H groups in total. The molecular formula is C22H32O2. The van der Waals surface area contributed by atoms with Crippen molar-refractivity contribution < 1.29 is 10.2 Å². The predicted molar refractivity (Wildman–Crippen MR) is 97.5 cm³/mol. The van der Waals surface area contributed by atoms with E-state index < -0.39 is 0 Å². The van der Waals surface area contributed by atoms with Crippen LogP contribution in [0.3, 0.4) is 0 Å². The highest BCUT2D eigenvalue weighted by Crippen LogP contribution is 2.68. The number of phenolic OH excluding ortho intramolecular Hbond substituents is 2. The summed E-state index contributed by atoms with van der Waals surface area (Å²) in [7, 11) is 0. The van der Waals surface area contributed by atoms with Crippen molar-refractivity contribution >= 4 is 0 Å². The van der Waals surface area contributed by atoms with E-state index in [1.807, 2.05) is 0 Å². The van der Waals surface area contributed by atoms with Gasteiger partial charge in [0.25, 0.3) is 0 Å². The number of rotatable bonds is 0. The second-order valence-corrected chi connectivity index (χ2v) is 10.0. The zero-order valence-electron chi connectivity index (χ0n) is 15.9. The van der Waals surface area contributed by atoms with Crippen LogP contribution in [-0.2, 0) is 11.8 Å². The predicted octanol–water partition coefficient (Wildman–Crippen LogP) is 5.46. The fourth-order valence-corrected chi connectivity index (χ4v) is 7.46. The average molecular weight is 328 g/mol. The van der Waals surface area contributed by atoms with Crippen molar-refractivity contribution in [2.24, 2.45) is 22.7 Å². The van der Waals surface area contributed by atoms with Gasteiger partial charge in [0.05, 0.1) is 0 Å². The highest BCUT2D eigenvalue weighted by Gasteiger charge is 2.61. The number of aryl methyl sites for hydroxylation is 1. The summed E-state index contributed by atoms with van der Waals surface area (Å²) in [5.41, 5.74) is 4.42. The lowest BCUT2D eigenvalue weighted by Gasteiger charge is -2.61. The molecule has 3 aliphatic rings. The molecule has 0 radical (unpaired) electrons. The van der Waals surface area contributed by atoms with E-state index in [9.17, 15) is 10.2 Å². The van der Waals surface area contributed by atoms with Gasteiger partial charge in [0, 0.05) is 5.56 Å². The molecule has 3 aliphatic carbocycles. The lowest BCUT2D eigenvalue weighted by molar-refractivity contribution is -0.0983. The van der Waals surface area contributed by atoms with E-state index in [1.54, 1.807) is 6.07 Å². The van der Waals surface area contributed by atoms with Crippen LogP contribution in [0.1, 0.15) is 76.5 Å². The van der Waals surface area contributed by atoms with Gasteiger partial charge >= 0.3 is 0 Å². The Kier molecular flexibility index (Phi) is 3.20. The van der Waals surface area contributed by atoms with Crippen LogP contribution in [0.4, 0.5) is 0 Å². The Labute approximate surface area is 146 Å². The Hall–Kier alpha value is -1.18. The van der Waals surface area contributed by atoms with Crippen molar-refractivity contribution in [3.05, 3.63) is 22.8 Å². The highest BCUT2D eigenvalue weighted by molar-refractivity contribution is 5.59. The minimum absolute atomic E-state index is 0.0548. The van der Waals surface area contributed by atoms with Crippen molar-refractivity contribution in [2.75, 3.05) is 0 Å². The third kappa shape index (κ3) is 1.83. The Morgan fingerprint density at radius 2 is 1.71 bits per heavy atom. The number of hydrogen-bond donors (Lipinski definition) is 2. The van der Waals surface area contributed by atoms with Gasteiger partial charge in [-0.05, 0) is 84.3 Å².